The molecule has 0 amide bonds. The minimum Gasteiger partial charge on any atom is -0.490 e. The molecule has 7 nitrogen and oxygen atoms in total. The molecule has 0 saturated carbocycles. The van der Waals surface area contributed by atoms with Crippen LogP contribution in [0.2, 0.25) is 0 Å². The molecule has 1 aliphatic heterocycles. The van der Waals surface area contributed by atoms with Crippen molar-refractivity contribution in [1.29, 1.82) is 0 Å². The molecule has 5 rings (SSSR count). The van der Waals surface area contributed by atoms with Gasteiger partial charge in [0, 0.05) is 35.8 Å². The van der Waals surface area contributed by atoms with Crippen molar-refractivity contribution < 1.29 is 33.0 Å². The van der Waals surface area contributed by atoms with E-state index in [9.17, 15) is 14.0 Å². The second kappa shape index (κ2) is 18.4. The monoisotopic (exact) mass is 666 g/mol. The molecule has 0 spiro atoms. The van der Waals surface area contributed by atoms with E-state index in [-0.39, 0.29) is 18.2 Å². The number of benzene rings is 2. The summed E-state index contributed by atoms with van der Waals surface area (Å²) < 4.78 is 39.9. The number of esters is 1. The summed E-state index contributed by atoms with van der Waals surface area (Å²) in [5, 5.41) is 9.35. The predicted molar refractivity (Wildman–Crippen MR) is 189 cm³/mol. The summed E-state index contributed by atoms with van der Waals surface area (Å²) in [5.74, 6) is -0.614. The number of carbonyl (C=O) groups excluding carboxylic acids is 2. The summed E-state index contributed by atoms with van der Waals surface area (Å²) >= 11 is 0. The minimum absolute atomic E-state index is 0.0355. The van der Waals surface area contributed by atoms with Gasteiger partial charge in [0.2, 0.25) is 0 Å². The quantitative estimate of drug-likeness (QED) is 0.158. The molecule has 2 aromatic carbocycles. The third kappa shape index (κ3) is 10.7. The molecule has 262 valence electrons. The number of aromatic nitrogens is 2. The Balaban J connectivity index is 0.000000414. The van der Waals surface area contributed by atoms with Crippen molar-refractivity contribution in [1.82, 2.24) is 9.55 Å². The van der Waals surface area contributed by atoms with Crippen LogP contribution in [0.5, 0.6) is 5.75 Å². The summed E-state index contributed by atoms with van der Waals surface area (Å²) in [5.41, 5.74) is 7.11. The van der Waals surface area contributed by atoms with E-state index in [1.165, 1.54) is 30.9 Å². The third-order valence-corrected chi connectivity index (χ3v) is 7.68. The van der Waals surface area contributed by atoms with Crippen LogP contribution in [0.4, 0.5) is 8.78 Å². The Hall–Kier alpha value is -4.11. The highest BCUT2D eigenvalue weighted by Crippen LogP contribution is 2.42. The van der Waals surface area contributed by atoms with Crippen LogP contribution in [0, 0.1) is 25.5 Å². The lowest BCUT2D eigenvalue weighted by molar-refractivity contribution is -0.139. The Morgan fingerprint density at radius 2 is 1.75 bits per heavy atom. The molecule has 2 aromatic heterocycles. The van der Waals surface area contributed by atoms with Gasteiger partial charge < -0.3 is 23.9 Å². The van der Waals surface area contributed by atoms with Gasteiger partial charge in [-0.3, -0.25) is 4.79 Å². The van der Waals surface area contributed by atoms with E-state index < -0.39 is 11.4 Å². The number of aliphatic hydroxyl groups is 1. The van der Waals surface area contributed by atoms with Gasteiger partial charge in [0.25, 0.3) is 0 Å². The molecular weight excluding hydrogens is 614 g/mol. The normalized spacial score (nSPS) is 11.9. The number of hydrogen-bond donors (Lipinski definition) is 1. The van der Waals surface area contributed by atoms with Gasteiger partial charge in [0.05, 0.1) is 25.7 Å². The highest BCUT2D eigenvalue weighted by atomic mass is 19.1. The first-order chi connectivity index (χ1) is 22.7. The van der Waals surface area contributed by atoms with Gasteiger partial charge in [-0.15, -0.1) is 0 Å². The summed E-state index contributed by atoms with van der Waals surface area (Å²) in [6, 6.07) is 10.1. The van der Waals surface area contributed by atoms with Gasteiger partial charge in [-0.05, 0) is 112 Å². The van der Waals surface area contributed by atoms with Gasteiger partial charge in [0.1, 0.15) is 17.8 Å². The summed E-state index contributed by atoms with van der Waals surface area (Å²) in [7, 11) is 3.26. The molecule has 1 aliphatic rings. The number of fused-ring (bicyclic) bond motifs is 2. The first-order valence-electron chi connectivity index (χ1n) is 16.6. The van der Waals surface area contributed by atoms with Crippen molar-refractivity contribution in [3.63, 3.8) is 0 Å². The SMILES string of the molecule is CC.CC(C)(C)O.CCc1ccc(F)cc1.COC(=O)Cc1c(C)nc2c(cc(CCC=O)n2C)c1-c1cc(F)c2c(c1C)CCCO2. The molecule has 0 fully saturated rings. The summed E-state index contributed by atoms with van der Waals surface area (Å²) in [6.07, 6.45) is 4.45. The lowest BCUT2D eigenvalue weighted by atomic mass is 9.87. The number of aldehydes is 1. The highest BCUT2D eigenvalue weighted by molar-refractivity contribution is 5.99. The van der Waals surface area contributed by atoms with Gasteiger partial charge in [-0.25, -0.2) is 13.8 Å². The van der Waals surface area contributed by atoms with Crippen LogP contribution in [-0.2, 0) is 47.1 Å². The molecule has 0 unspecified atom stereocenters. The fraction of sp³-hybridized carbons (Fsp3) is 0.462. The van der Waals surface area contributed by atoms with Crippen molar-refractivity contribution in [3.8, 4) is 16.9 Å². The molecule has 9 heteroatoms. The topological polar surface area (TPSA) is 90.7 Å². The number of ether oxygens (including phenoxy) is 2. The van der Waals surface area contributed by atoms with Crippen LogP contribution < -0.4 is 4.74 Å². The van der Waals surface area contributed by atoms with Crippen LogP contribution in [0.15, 0.2) is 36.4 Å². The predicted octanol–water partition coefficient (Wildman–Crippen LogP) is 8.36. The lowest BCUT2D eigenvalue weighted by Gasteiger charge is -2.23. The molecule has 48 heavy (non-hydrogen) atoms. The highest BCUT2D eigenvalue weighted by Gasteiger charge is 2.26. The Labute approximate surface area is 284 Å². The largest absolute Gasteiger partial charge is 0.490 e. The third-order valence-electron chi connectivity index (χ3n) is 7.68. The van der Waals surface area contributed by atoms with Crippen molar-refractivity contribution in [2.45, 2.75) is 99.5 Å². The van der Waals surface area contributed by atoms with E-state index in [1.54, 1.807) is 32.9 Å². The Bertz CT molecular complexity index is 1670. The maximum atomic E-state index is 15.1. The number of hydrogen-bond acceptors (Lipinski definition) is 6. The molecule has 0 atom stereocenters. The van der Waals surface area contributed by atoms with Crippen LogP contribution in [-0.4, -0.2) is 46.2 Å². The first kappa shape index (κ1) is 40.1. The Morgan fingerprint density at radius 1 is 1.12 bits per heavy atom. The lowest BCUT2D eigenvalue weighted by Crippen LogP contribution is -2.13. The van der Waals surface area contributed by atoms with E-state index in [0.29, 0.717) is 30.9 Å². The van der Waals surface area contributed by atoms with Crippen molar-refractivity contribution >= 4 is 23.3 Å². The van der Waals surface area contributed by atoms with Crippen LogP contribution in [0.1, 0.15) is 88.0 Å². The summed E-state index contributed by atoms with van der Waals surface area (Å²) in [6.45, 7) is 15.6. The maximum Gasteiger partial charge on any atom is 0.310 e. The zero-order chi connectivity index (χ0) is 36.2. The standard InChI is InChI=1S/C25H27FN2O4.C8H9F.C4H10O.C2H6/c1-14-17-8-6-10-32-24(17)21(26)12-18(14)23-19(13-22(30)31-4)15(2)27-25-20(23)11-16(28(25)3)7-5-9-29;1-2-7-3-5-8(9)6-4-7;1-4(2,3)5;1-2/h9,11-12H,5-8,10,13H2,1-4H3;3-6H,2H2,1H3;5H,1-3H3;1-2H3. The number of methoxy groups -OCH3 is 1. The zero-order valence-corrected chi connectivity index (χ0v) is 30.2. The fourth-order valence-corrected chi connectivity index (χ4v) is 5.36. The van der Waals surface area contributed by atoms with E-state index in [0.717, 1.165) is 70.1 Å². The number of halogens is 2. The molecular formula is C39H52F2N2O5. The second-order valence-corrected chi connectivity index (χ2v) is 12.4. The number of nitrogens with zero attached hydrogens (tertiary/aromatic N) is 2. The molecule has 0 aliphatic carbocycles. The number of aryl methyl sites for hydroxylation is 4. The molecule has 0 bridgehead atoms. The van der Waals surface area contributed by atoms with Crippen LogP contribution >= 0.6 is 0 Å². The fourth-order valence-electron chi connectivity index (χ4n) is 5.36. The van der Waals surface area contributed by atoms with Crippen molar-refractivity contribution in [2.75, 3.05) is 13.7 Å². The zero-order valence-electron chi connectivity index (χ0n) is 30.2. The smallest absolute Gasteiger partial charge is 0.310 e. The van der Waals surface area contributed by atoms with E-state index in [1.807, 2.05) is 52.3 Å². The van der Waals surface area contributed by atoms with Crippen LogP contribution in [0.25, 0.3) is 22.2 Å². The van der Waals surface area contributed by atoms with Gasteiger partial charge in [-0.1, -0.05) is 32.9 Å². The van der Waals surface area contributed by atoms with E-state index >= 15 is 4.39 Å². The van der Waals surface area contributed by atoms with E-state index in [4.69, 9.17) is 19.6 Å². The number of carbonyl (C=O) groups is 2. The van der Waals surface area contributed by atoms with Crippen LogP contribution in [0.3, 0.4) is 0 Å². The second-order valence-electron chi connectivity index (χ2n) is 12.4. The molecule has 0 radical (unpaired) electrons. The summed E-state index contributed by atoms with van der Waals surface area (Å²) in [4.78, 5) is 28.0. The molecule has 0 saturated heterocycles. The minimum atomic E-state index is -0.500. The van der Waals surface area contributed by atoms with Crippen molar-refractivity contribution in [2.24, 2.45) is 7.05 Å². The number of pyridine rings is 1. The Kier molecular flexibility index (Phi) is 15.4. The van der Waals surface area contributed by atoms with Crippen molar-refractivity contribution in [3.05, 3.63) is 81.7 Å². The van der Waals surface area contributed by atoms with Gasteiger partial charge >= 0.3 is 5.97 Å². The number of rotatable bonds is 7. The average Bonchev–Trinajstić information content (AvgIpc) is 3.37. The maximum absolute atomic E-state index is 15.1. The van der Waals surface area contributed by atoms with Gasteiger partial charge in [0.15, 0.2) is 11.6 Å². The van der Waals surface area contributed by atoms with E-state index in [2.05, 4.69) is 0 Å². The van der Waals surface area contributed by atoms with Gasteiger partial charge in [-0.2, -0.15) is 0 Å². The molecule has 3 heterocycles. The molecule has 4 aromatic rings. The Morgan fingerprint density at radius 3 is 2.31 bits per heavy atom. The first-order valence-corrected chi connectivity index (χ1v) is 16.6. The molecule has 1 N–H and O–H groups in total. The average molecular weight is 667 g/mol.